The van der Waals surface area contributed by atoms with Crippen LogP contribution in [0.4, 0.5) is 5.82 Å². The van der Waals surface area contributed by atoms with E-state index in [2.05, 4.69) is 15.6 Å². The Morgan fingerprint density at radius 1 is 1.25 bits per heavy atom. The topological polar surface area (TPSA) is 91.3 Å². The second kappa shape index (κ2) is 6.01. The van der Waals surface area contributed by atoms with Gasteiger partial charge in [-0.15, -0.1) is 0 Å². The summed E-state index contributed by atoms with van der Waals surface area (Å²) in [4.78, 5) is 26.0. The lowest BCUT2D eigenvalue weighted by Gasteiger charge is -2.09. The standard InChI is InChI=1S/C14H15N3O3/c1-9-2-3-11-10(6-9)4-5-15-14(11)17-7-12(18)16-8-13(19)20/h2-6H,7-8H2,1H3,(H,15,17)(H,16,18)(H,19,20). The van der Waals surface area contributed by atoms with E-state index in [1.165, 1.54) is 0 Å². The highest BCUT2D eigenvalue weighted by Crippen LogP contribution is 2.21. The summed E-state index contributed by atoms with van der Waals surface area (Å²) in [5, 5.41) is 15.6. The first kappa shape index (κ1) is 13.8. The number of nitrogens with zero attached hydrogens (tertiary/aromatic N) is 1. The van der Waals surface area contributed by atoms with E-state index in [1.807, 2.05) is 31.2 Å². The van der Waals surface area contributed by atoms with Crippen LogP contribution in [0.25, 0.3) is 10.8 Å². The van der Waals surface area contributed by atoms with Gasteiger partial charge in [-0.3, -0.25) is 9.59 Å². The fourth-order valence-electron chi connectivity index (χ4n) is 1.84. The number of anilines is 1. The van der Waals surface area contributed by atoms with Crippen LogP contribution in [0.5, 0.6) is 0 Å². The number of aliphatic carboxylic acids is 1. The van der Waals surface area contributed by atoms with Crippen molar-refractivity contribution in [3.8, 4) is 0 Å². The van der Waals surface area contributed by atoms with Crippen molar-refractivity contribution < 1.29 is 14.7 Å². The van der Waals surface area contributed by atoms with Crippen molar-refractivity contribution in [2.75, 3.05) is 18.4 Å². The summed E-state index contributed by atoms with van der Waals surface area (Å²) in [5.41, 5.74) is 1.15. The number of benzene rings is 1. The van der Waals surface area contributed by atoms with E-state index in [0.29, 0.717) is 5.82 Å². The van der Waals surface area contributed by atoms with Gasteiger partial charge in [0.05, 0.1) is 6.54 Å². The molecule has 0 aliphatic heterocycles. The first-order chi connectivity index (χ1) is 9.56. The fraction of sp³-hybridized carbons (Fsp3) is 0.214. The van der Waals surface area contributed by atoms with Gasteiger partial charge in [0.25, 0.3) is 0 Å². The van der Waals surface area contributed by atoms with Gasteiger partial charge in [-0.05, 0) is 18.4 Å². The predicted octanol–water partition coefficient (Wildman–Crippen LogP) is 1.16. The van der Waals surface area contributed by atoms with Crippen molar-refractivity contribution in [1.82, 2.24) is 10.3 Å². The Hall–Kier alpha value is -2.63. The molecule has 6 nitrogen and oxygen atoms in total. The van der Waals surface area contributed by atoms with Crippen LogP contribution in [0.2, 0.25) is 0 Å². The number of hydrogen-bond donors (Lipinski definition) is 3. The molecule has 2 rings (SSSR count). The molecule has 0 unspecified atom stereocenters. The zero-order valence-electron chi connectivity index (χ0n) is 11.0. The van der Waals surface area contributed by atoms with Crippen molar-refractivity contribution in [1.29, 1.82) is 0 Å². The van der Waals surface area contributed by atoms with Crippen LogP contribution in [0.15, 0.2) is 30.5 Å². The Morgan fingerprint density at radius 3 is 2.80 bits per heavy atom. The first-order valence-electron chi connectivity index (χ1n) is 6.14. The molecule has 0 aliphatic rings. The van der Waals surface area contributed by atoms with Crippen molar-refractivity contribution >= 4 is 28.5 Å². The summed E-state index contributed by atoms with van der Waals surface area (Å²) < 4.78 is 0. The molecule has 0 atom stereocenters. The Balaban J connectivity index is 2.06. The maximum atomic E-state index is 11.4. The monoisotopic (exact) mass is 273 g/mol. The van der Waals surface area contributed by atoms with E-state index in [4.69, 9.17) is 5.11 Å². The third kappa shape index (κ3) is 3.44. The molecule has 3 N–H and O–H groups in total. The predicted molar refractivity (Wildman–Crippen MR) is 75.6 cm³/mol. The minimum absolute atomic E-state index is 0.0206. The molecule has 1 aromatic carbocycles. The number of nitrogens with one attached hydrogen (secondary N) is 2. The van der Waals surface area contributed by atoms with Gasteiger partial charge in [-0.25, -0.2) is 4.98 Å². The number of fused-ring (bicyclic) bond motifs is 1. The fourth-order valence-corrected chi connectivity index (χ4v) is 1.84. The highest BCUT2D eigenvalue weighted by Gasteiger charge is 2.06. The Kier molecular flexibility index (Phi) is 4.14. The number of pyridine rings is 1. The molecule has 1 aromatic heterocycles. The van der Waals surface area contributed by atoms with Crippen LogP contribution in [0.3, 0.4) is 0 Å². The highest BCUT2D eigenvalue weighted by molar-refractivity contribution is 5.93. The van der Waals surface area contributed by atoms with Crippen LogP contribution < -0.4 is 10.6 Å². The summed E-state index contributed by atoms with van der Waals surface area (Å²) in [6, 6.07) is 7.85. The molecule has 1 amide bonds. The van der Waals surface area contributed by atoms with Crippen LogP contribution in [0.1, 0.15) is 5.56 Å². The van der Waals surface area contributed by atoms with Crippen LogP contribution in [-0.4, -0.2) is 35.1 Å². The lowest BCUT2D eigenvalue weighted by atomic mass is 10.1. The smallest absolute Gasteiger partial charge is 0.322 e. The lowest BCUT2D eigenvalue weighted by Crippen LogP contribution is -2.34. The third-order valence-electron chi connectivity index (χ3n) is 2.77. The van der Waals surface area contributed by atoms with Crippen LogP contribution in [-0.2, 0) is 9.59 Å². The molecule has 0 bridgehead atoms. The average Bonchev–Trinajstić information content (AvgIpc) is 2.42. The van der Waals surface area contributed by atoms with Crippen molar-refractivity contribution in [3.05, 3.63) is 36.0 Å². The number of carboxylic acid groups (broad SMARTS) is 1. The SMILES string of the molecule is Cc1ccc2c(NCC(=O)NCC(=O)O)nccc2c1. The number of amides is 1. The maximum Gasteiger partial charge on any atom is 0.322 e. The van der Waals surface area contributed by atoms with Crippen molar-refractivity contribution in [2.24, 2.45) is 0 Å². The molecule has 0 fully saturated rings. The van der Waals surface area contributed by atoms with Gasteiger partial charge >= 0.3 is 5.97 Å². The van der Waals surface area contributed by atoms with E-state index >= 15 is 0 Å². The molecule has 0 radical (unpaired) electrons. The largest absolute Gasteiger partial charge is 0.480 e. The molecule has 0 saturated carbocycles. The third-order valence-corrected chi connectivity index (χ3v) is 2.77. The molecule has 0 saturated heterocycles. The Labute approximate surface area is 115 Å². The molecular weight excluding hydrogens is 258 g/mol. The summed E-state index contributed by atoms with van der Waals surface area (Å²) in [7, 11) is 0. The second-order valence-electron chi connectivity index (χ2n) is 4.41. The van der Waals surface area contributed by atoms with Gasteiger partial charge in [0.2, 0.25) is 5.91 Å². The van der Waals surface area contributed by atoms with E-state index in [-0.39, 0.29) is 13.1 Å². The number of aryl methyl sites for hydroxylation is 1. The summed E-state index contributed by atoms with van der Waals surface area (Å²) >= 11 is 0. The van der Waals surface area contributed by atoms with Crippen LogP contribution in [0, 0.1) is 6.92 Å². The normalized spacial score (nSPS) is 10.2. The Morgan fingerprint density at radius 2 is 2.05 bits per heavy atom. The second-order valence-corrected chi connectivity index (χ2v) is 4.41. The minimum atomic E-state index is -1.07. The zero-order chi connectivity index (χ0) is 14.5. The first-order valence-corrected chi connectivity index (χ1v) is 6.14. The number of carboxylic acids is 1. The van der Waals surface area contributed by atoms with Gasteiger partial charge in [0.1, 0.15) is 12.4 Å². The molecule has 20 heavy (non-hydrogen) atoms. The average molecular weight is 273 g/mol. The quantitative estimate of drug-likeness (QED) is 0.760. The van der Waals surface area contributed by atoms with E-state index in [0.717, 1.165) is 16.3 Å². The lowest BCUT2D eigenvalue weighted by molar-refractivity contribution is -0.137. The minimum Gasteiger partial charge on any atom is -0.480 e. The van der Waals surface area contributed by atoms with Gasteiger partial charge in [-0.2, -0.15) is 0 Å². The van der Waals surface area contributed by atoms with E-state index in [1.54, 1.807) is 6.20 Å². The summed E-state index contributed by atoms with van der Waals surface area (Å²) in [5.74, 6) is -0.858. The molecule has 0 aliphatic carbocycles. The van der Waals surface area contributed by atoms with E-state index in [9.17, 15) is 9.59 Å². The molecule has 6 heteroatoms. The molecular formula is C14H15N3O3. The van der Waals surface area contributed by atoms with Crippen LogP contribution >= 0.6 is 0 Å². The van der Waals surface area contributed by atoms with Crippen molar-refractivity contribution in [2.45, 2.75) is 6.92 Å². The summed E-state index contributed by atoms with van der Waals surface area (Å²) in [6.45, 7) is 1.60. The number of rotatable bonds is 5. The number of hydrogen-bond acceptors (Lipinski definition) is 4. The number of aromatic nitrogens is 1. The van der Waals surface area contributed by atoms with Crippen molar-refractivity contribution in [3.63, 3.8) is 0 Å². The molecule has 2 aromatic rings. The van der Waals surface area contributed by atoms with Gasteiger partial charge < -0.3 is 15.7 Å². The highest BCUT2D eigenvalue weighted by atomic mass is 16.4. The Bertz CT molecular complexity index is 655. The maximum absolute atomic E-state index is 11.4. The van der Waals surface area contributed by atoms with Gasteiger partial charge in [0, 0.05) is 11.6 Å². The zero-order valence-corrected chi connectivity index (χ0v) is 11.0. The number of carbonyl (C=O) groups excluding carboxylic acids is 1. The molecule has 0 spiro atoms. The van der Waals surface area contributed by atoms with Gasteiger partial charge in [-0.1, -0.05) is 23.8 Å². The molecule has 104 valence electrons. The van der Waals surface area contributed by atoms with Gasteiger partial charge in [0.15, 0.2) is 0 Å². The molecule has 1 heterocycles. The summed E-state index contributed by atoms with van der Waals surface area (Å²) in [6.07, 6.45) is 1.67. The number of carbonyl (C=O) groups is 2. The van der Waals surface area contributed by atoms with E-state index < -0.39 is 11.9 Å².